The molecule has 0 spiro atoms. The Morgan fingerprint density at radius 1 is 1.21 bits per heavy atom. The van der Waals surface area contributed by atoms with Gasteiger partial charge in [0.15, 0.2) is 15.8 Å². The number of carbonyl (C=O) groups is 1. The number of benzene rings is 2. The van der Waals surface area contributed by atoms with Crippen LogP contribution in [-0.4, -0.2) is 39.5 Å². The molecular weight excluding hydrogens is 430 g/mol. The number of methoxy groups -OCH3 is 2. The lowest BCUT2D eigenvalue weighted by Gasteiger charge is -2.14. The number of fused-ring (bicyclic) bond motifs is 1. The van der Waals surface area contributed by atoms with Crippen molar-refractivity contribution in [3.05, 3.63) is 46.9 Å². The highest BCUT2D eigenvalue weighted by Crippen LogP contribution is 2.39. The van der Waals surface area contributed by atoms with Crippen molar-refractivity contribution < 1.29 is 19.4 Å². The average molecular weight is 446 g/mol. The molecule has 1 amide bonds. The number of carbonyl (C=O) groups excluding carboxylic acids is 1. The maximum absolute atomic E-state index is 12.9. The quantitative estimate of drug-likeness (QED) is 0.446. The van der Waals surface area contributed by atoms with Crippen molar-refractivity contribution in [3.63, 3.8) is 0 Å². The van der Waals surface area contributed by atoms with Gasteiger partial charge in [0.05, 0.1) is 29.3 Å². The number of hydrogen-bond donors (Lipinski definition) is 2. The maximum atomic E-state index is 12.9. The molecule has 0 bridgehead atoms. The second kappa shape index (κ2) is 7.90. The molecule has 0 unspecified atom stereocenters. The topological polar surface area (TPSA) is 83.9 Å². The van der Waals surface area contributed by atoms with E-state index in [9.17, 15) is 9.90 Å². The number of thioether (sulfide) groups is 1. The van der Waals surface area contributed by atoms with Gasteiger partial charge in [-0.2, -0.15) is 5.01 Å². The SMILES string of the molecule is COc1cc(/C=C2\SC(=S)N(Nc3nc4ccccc4s3)C2=O)cc(OC)c1O. The molecule has 0 aliphatic carbocycles. The van der Waals surface area contributed by atoms with Crippen molar-refractivity contribution in [2.45, 2.75) is 0 Å². The fourth-order valence-electron chi connectivity index (χ4n) is 2.73. The van der Waals surface area contributed by atoms with Crippen molar-refractivity contribution in [3.8, 4) is 17.2 Å². The van der Waals surface area contributed by atoms with E-state index in [4.69, 9.17) is 21.7 Å². The zero-order chi connectivity index (χ0) is 20.5. The summed E-state index contributed by atoms with van der Waals surface area (Å²) in [6, 6.07) is 11.0. The predicted octanol–water partition coefficient (Wildman–Crippen LogP) is 4.25. The number of phenols is 1. The molecule has 148 valence electrons. The highest BCUT2D eigenvalue weighted by Gasteiger charge is 2.33. The van der Waals surface area contributed by atoms with Crippen molar-refractivity contribution >= 4 is 67.0 Å². The number of nitrogens with zero attached hydrogens (tertiary/aromatic N) is 2. The Morgan fingerprint density at radius 3 is 2.55 bits per heavy atom. The second-order valence-electron chi connectivity index (χ2n) is 5.89. The number of rotatable bonds is 5. The molecule has 0 atom stereocenters. The minimum atomic E-state index is -0.287. The number of para-hydroxylation sites is 1. The number of hydrazine groups is 1. The number of hydrogen-bond acceptors (Lipinski definition) is 9. The summed E-state index contributed by atoms with van der Waals surface area (Å²) in [6.07, 6.45) is 1.67. The van der Waals surface area contributed by atoms with Crippen LogP contribution in [0.5, 0.6) is 17.2 Å². The van der Waals surface area contributed by atoms with Gasteiger partial charge in [-0.15, -0.1) is 0 Å². The molecular formula is C19H15N3O4S3. The number of aromatic hydroxyl groups is 1. The van der Waals surface area contributed by atoms with E-state index < -0.39 is 0 Å². The van der Waals surface area contributed by atoms with Crippen LogP contribution in [0.25, 0.3) is 16.3 Å². The van der Waals surface area contributed by atoms with Gasteiger partial charge >= 0.3 is 0 Å². The molecule has 1 aromatic heterocycles. The van der Waals surface area contributed by atoms with E-state index in [0.29, 0.717) is 19.9 Å². The molecule has 29 heavy (non-hydrogen) atoms. The fraction of sp³-hybridized carbons (Fsp3) is 0.105. The second-order valence-corrected chi connectivity index (χ2v) is 8.60. The monoisotopic (exact) mass is 445 g/mol. The standard InChI is InChI=1S/C19H15N3O4S3/c1-25-12-7-10(8-13(26-2)16(12)23)9-15-17(24)22(19(27)29-15)21-18-20-11-5-3-4-6-14(11)28-18/h3-9,23H,1-2H3,(H,20,21)/b15-9-. The smallest absolute Gasteiger partial charge is 0.285 e. The van der Waals surface area contributed by atoms with Crippen molar-refractivity contribution in [1.29, 1.82) is 0 Å². The van der Waals surface area contributed by atoms with E-state index in [1.165, 1.54) is 42.3 Å². The minimum absolute atomic E-state index is 0.0998. The highest BCUT2D eigenvalue weighted by atomic mass is 32.2. The van der Waals surface area contributed by atoms with Crippen LogP contribution in [0.4, 0.5) is 5.13 Å². The molecule has 2 aromatic carbocycles. The summed E-state index contributed by atoms with van der Waals surface area (Å²) >= 11 is 7.97. The number of nitrogens with one attached hydrogen (secondary N) is 1. The zero-order valence-electron chi connectivity index (χ0n) is 15.3. The summed E-state index contributed by atoms with van der Waals surface area (Å²) in [5.41, 5.74) is 4.49. The molecule has 7 nitrogen and oxygen atoms in total. The van der Waals surface area contributed by atoms with Gasteiger partial charge in [0.2, 0.25) is 10.9 Å². The van der Waals surface area contributed by atoms with Gasteiger partial charge in [-0.05, 0) is 48.1 Å². The Labute approximate surface area is 179 Å². The van der Waals surface area contributed by atoms with Gasteiger partial charge in [-0.3, -0.25) is 10.2 Å². The molecule has 2 heterocycles. The molecule has 10 heteroatoms. The number of thiocarbonyl (C=S) groups is 1. The van der Waals surface area contributed by atoms with Gasteiger partial charge < -0.3 is 14.6 Å². The van der Waals surface area contributed by atoms with Gasteiger partial charge in [0.1, 0.15) is 0 Å². The van der Waals surface area contributed by atoms with Crippen LogP contribution in [-0.2, 0) is 4.79 Å². The summed E-state index contributed by atoms with van der Waals surface area (Å²) in [5.74, 6) is 0.111. The molecule has 1 saturated heterocycles. The maximum Gasteiger partial charge on any atom is 0.285 e. The number of anilines is 1. The van der Waals surface area contributed by atoms with Crippen LogP contribution in [0, 0.1) is 0 Å². The molecule has 1 fully saturated rings. The van der Waals surface area contributed by atoms with Gasteiger partial charge in [-0.1, -0.05) is 35.2 Å². The molecule has 3 aromatic rings. The summed E-state index contributed by atoms with van der Waals surface area (Å²) in [6.45, 7) is 0. The number of aromatic nitrogens is 1. The Morgan fingerprint density at radius 2 is 1.90 bits per heavy atom. The van der Waals surface area contributed by atoms with E-state index in [-0.39, 0.29) is 23.2 Å². The van der Waals surface area contributed by atoms with Crippen molar-refractivity contribution in [2.75, 3.05) is 19.6 Å². The molecule has 4 rings (SSSR count). The summed E-state index contributed by atoms with van der Waals surface area (Å²) in [7, 11) is 2.89. The zero-order valence-corrected chi connectivity index (χ0v) is 17.8. The predicted molar refractivity (Wildman–Crippen MR) is 119 cm³/mol. The normalized spacial score (nSPS) is 15.4. The van der Waals surface area contributed by atoms with E-state index in [0.717, 1.165) is 10.2 Å². The van der Waals surface area contributed by atoms with E-state index in [2.05, 4.69) is 10.4 Å². The average Bonchev–Trinajstić information content (AvgIpc) is 3.24. The van der Waals surface area contributed by atoms with E-state index >= 15 is 0 Å². The Bertz CT molecular complexity index is 1100. The summed E-state index contributed by atoms with van der Waals surface area (Å²) in [4.78, 5) is 17.8. The first-order valence-electron chi connectivity index (χ1n) is 8.35. The third-order valence-electron chi connectivity index (χ3n) is 4.09. The lowest BCUT2D eigenvalue weighted by molar-refractivity contribution is -0.121. The number of ether oxygens (including phenoxy) is 2. The first-order chi connectivity index (χ1) is 14.0. The molecule has 0 radical (unpaired) electrons. The Hall–Kier alpha value is -2.82. The van der Waals surface area contributed by atoms with Gasteiger partial charge in [0, 0.05) is 0 Å². The third kappa shape index (κ3) is 3.74. The van der Waals surface area contributed by atoms with Gasteiger partial charge in [-0.25, -0.2) is 4.98 Å². The van der Waals surface area contributed by atoms with E-state index in [1.807, 2.05) is 24.3 Å². The van der Waals surface area contributed by atoms with E-state index in [1.54, 1.807) is 18.2 Å². The third-order valence-corrected chi connectivity index (χ3v) is 6.34. The van der Waals surface area contributed by atoms with Gasteiger partial charge in [0.25, 0.3) is 5.91 Å². The number of amides is 1. The van der Waals surface area contributed by atoms with Crippen LogP contribution in [0.1, 0.15) is 5.56 Å². The first-order valence-corrected chi connectivity index (χ1v) is 10.4. The van der Waals surface area contributed by atoms with Crippen molar-refractivity contribution in [1.82, 2.24) is 9.99 Å². The largest absolute Gasteiger partial charge is 0.502 e. The lowest BCUT2D eigenvalue weighted by Crippen LogP contribution is -2.33. The Kier molecular flexibility index (Phi) is 5.31. The van der Waals surface area contributed by atoms with Crippen LogP contribution in [0.2, 0.25) is 0 Å². The lowest BCUT2D eigenvalue weighted by atomic mass is 10.1. The molecule has 0 saturated carbocycles. The number of phenolic OH excluding ortho intramolecular Hbond substituents is 1. The van der Waals surface area contributed by atoms with Crippen LogP contribution >= 0.6 is 35.3 Å². The molecule has 1 aliphatic rings. The number of thiazole rings is 1. The van der Waals surface area contributed by atoms with Crippen molar-refractivity contribution in [2.24, 2.45) is 0 Å². The van der Waals surface area contributed by atoms with Crippen LogP contribution in [0.15, 0.2) is 41.3 Å². The van der Waals surface area contributed by atoms with Crippen LogP contribution in [0.3, 0.4) is 0 Å². The Balaban J connectivity index is 1.61. The summed E-state index contributed by atoms with van der Waals surface area (Å²) < 4.78 is 11.7. The summed E-state index contributed by atoms with van der Waals surface area (Å²) in [5, 5.41) is 11.9. The molecule has 1 aliphatic heterocycles. The highest BCUT2D eigenvalue weighted by molar-refractivity contribution is 8.26. The molecule has 2 N–H and O–H groups in total. The minimum Gasteiger partial charge on any atom is -0.502 e. The van der Waals surface area contributed by atoms with Crippen LogP contribution < -0.4 is 14.9 Å². The first kappa shape index (κ1) is 19.5. The fourth-order valence-corrected chi connectivity index (χ4v) is 4.76.